The highest BCUT2D eigenvalue weighted by molar-refractivity contribution is 8.27. The highest BCUT2D eigenvalue weighted by atomic mass is 35.5. The second kappa shape index (κ2) is 6.82. The largest absolute Gasteiger partial charge is 0.416 e. The first kappa shape index (κ1) is 18.0. The lowest BCUT2D eigenvalue weighted by molar-refractivity contribution is -0.137. The minimum absolute atomic E-state index is 0.0832. The van der Waals surface area contributed by atoms with Crippen molar-refractivity contribution in [2.75, 3.05) is 4.90 Å². The van der Waals surface area contributed by atoms with Crippen molar-refractivity contribution in [3.8, 4) is 0 Å². The maximum Gasteiger partial charge on any atom is 0.416 e. The van der Waals surface area contributed by atoms with Crippen LogP contribution in [0.2, 0.25) is 5.02 Å². The van der Waals surface area contributed by atoms with E-state index in [1.54, 1.807) is 30.3 Å². The van der Waals surface area contributed by atoms with Gasteiger partial charge in [0.25, 0.3) is 5.91 Å². The summed E-state index contributed by atoms with van der Waals surface area (Å²) < 4.78 is 38.8. The Morgan fingerprint density at radius 1 is 1.12 bits per heavy atom. The Morgan fingerprint density at radius 3 is 2.52 bits per heavy atom. The van der Waals surface area contributed by atoms with Crippen molar-refractivity contribution in [1.29, 1.82) is 0 Å². The molecule has 2 aromatic carbocycles. The van der Waals surface area contributed by atoms with Crippen molar-refractivity contribution < 1.29 is 18.0 Å². The molecular weight excluding hydrogens is 391 g/mol. The van der Waals surface area contributed by atoms with E-state index in [9.17, 15) is 18.0 Å². The van der Waals surface area contributed by atoms with Gasteiger partial charge in [0, 0.05) is 5.02 Å². The third-order valence-corrected chi connectivity index (χ3v) is 5.06. The van der Waals surface area contributed by atoms with Gasteiger partial charge in [-0.3, -0.25) is 9.69 Å². The van der Waals surface area contributed by atoms with Gasteiger partial charge in [-0.15, -0.1) is 0 Å². The van der Waals surface area contributed by atoms with Crippen molar-refractivity contribution in [3.63, 3.8) is 0 Å². The second-order valence-electron chi connectivity index (χ2n) is 5.09. The molecule has 1 aliphatic rings. The molecule has 2 aromatic rings. The summed E-state index contributed by atoms with van der Waals surface area (Å²) in [5.41, 5.74) is -0.122. The van der Waals surface area contributed by atoms with E-state index in [0.29, 0.717) is 15.5 Å². The SMILES string of the molecule is O=C1/C(=C/c2ccccc2Cl)SC(=S)N1c1cccc(C(F)(F)F)c1. The van der Waals surface area contributed by atoms with Gasteiger partial charge in [-0.25, -0.2) is 0 Å². The molecule has 128 valence electrons. The van der Waals surface area contributed by atoms with Crippen LogP contribution in [-0.2, 0) is 11.0 Å². The van der Waals surface area contributed by atoms with Gasteiger partial charge in [0.05, 0.1) is 16.2 Å². The molecule has 0 spiro atoms. The number of hydrogen-bond donors (Lipinski definition) is 0. The first-order chi connectivity index (χ1) is 11.8. The fraction of sp³-hybridized carbons (Fsp3) is 0.0588. The number of hydrogen-bond acceptors (Lipinski definition) is 3. The number of benzene rings is 2. The molecule has 0 aliphatic carbocycles. The molecule has 1 amide bonds. The van der Waals surface area contributed by atoms with E-state index in [1.807, 2.05) is 0 Å². The van der Waals surface area contributed by atoms with Crippen LogP contribution in [0.3, 0.4) is 0 Å². The summed E-state index contributed by atoms with van der Waals surface area (Å²) in [4.78, 5) is 14.0. The number of thiocarbonyl (C=S) groups is 1. The van der Waals surface area contributed by atoms with E-state index in [0.717, 1.165) is 28.8 Å². The molecule has 0 atom stereocenters. The summed E-state index contributed by atoms with van der Waals surface area (Å²) in [6, 6.07) is 11.5. The van der Waals surface area contributed by atoms with E-state index in [2.05, 4.69) is 0 Å². The van der Waals surface area contributed by atoms with Crippen LogP contribution in [0.1, 0.15) is 11.1 Å². The number of anilines is 1. The summed E-state index contributed by atoms with van der Waals surface area (Å²) in [5, 5.41) is 0.465. The predicted molar refractivity (Wildman–Crippen MR) is 98.5 cm³/mol. The Morgan fingerprint density at radius 2 is 1.84 bits per heavy atom. The fourth-order valence-corrected chi connectivity index (χ4v) is 3.73. The summed E-state index contributed by atoms with van der Waals surface area (Å²) in [5.74, 6) is -0.478. The first-order valence-corrected chi connectivity index (χ1v) is 8.57. The molecule has 2 nitrogen and oxygen atoms in total. The molecule has 1 fully saturated rings. The zero-order valence-electron chi connectivity index (χ0n) is 12.4. The van der Waals surface area contributed by atoms with Crippen molar-refractivity contribution in [2.24, 2.45) is 0 Å². The number of nitrogens with zero attached hydrogens (tertiary/aromatic N) is 1. The Hall–Kier alpha value is -1.83. The van der Waals surface area contributed by atoms with Crippen LogP contribution < -0.4 is 4.90 Å². The number of thioether (sulfide) groups is 1. The van der Waals surface area contributed by atoms with Crippen LogP contribution in [0.4, 0.5) is 18.9 Å². The Kier molecular flexibility index (Phi) is 4.90. The molecule has 3 rings (SSSR count). The van der Waals surface area contributed by atoms with E-state index >= 15 is 0 Å². The lowest BCUT2D eigenvalue weighted by atomic mass is 10.1. The zero-order valence-corrected chi connectivity index (χ0v) is 14.8. The van der Waals surface area contributed by atoms with Crippen LogP contribution in [0, 0.1) is 0 Å². The van der Waals surface area contributed by atoms with Gasteiger partial charge >= 0.3 is 6.18 Å². The maximum atomic E-state index is 12.9. The molecule has 0 unspecified atom stereocenters. The first-order valence-electron chi connectivity index (χ1n) is 6.97. The summed E-state index contributed by atoms with van der Waals surface area (Å²) in [6.07, 6.45) is -2.92. The van der Waals surface area contributed by atoms with Gasteiger partial charge in [0.1, 0.15) is 0 Å². The molecular formula is C17H9ClF3NOS2. The van der Waals surface area contributed by atoms with Crippen LogP contribution in [-0.4, -0.2) is 10.2 Å². The van der Waals surface area contributed by atoms with Crippen molar-refractivity contribution in [3.05, 3.63) is 69.6 Å². The number of alkyl halides is 3. The second-order valence-corrected chi connectivity index (χ2v) is 7.17. The van der Waals surface area contributed by atoms with Crippen LogP contribution in [0.5, 0.6) is 0 Å². The third kappa shape index (κ3) is 3.73. The normalized spacial score (nSPS) is 16.8. The lowest BCUT2D eigenvalue weighted by Gasteiger charge is -2.16. The smallest absolute Gasteiger partial charge is 0.268 e. The molecule has 0 saturated carbocycles. The third-order valence-electron chi connectivity index (χ3n) is 3.42. The average molecular weight is 400 g/mol. The Bertz CT molecular complexity index is 895. The van der Waals surface area contributed by atoms with E-state index in [1.165, 1.54) is 12.1 Å². The average Bonchev–Trinajstić information content (AvgIpc) is 2.83. The van der Waals surface area contributed by atoms with Gasteiger partial charge < -0.3 is 0 Å². The molecule has 25 heavy (non-hydrogen) atoms. The molecule has 8 heteroatoms. The van der Waals surface area contributed by atoms with Crippen LogP contribution in [0.25, 0.3) is 6.08 Å². The van der Waals surface area contributed by atoms with E-state index in [-0.39, 0.29) is 10.0 Å². The number of rotatable bonds is 2. The van der Waals surface area contributed by atoms with E-state index in [4.69, 9.17) is 23.8 Å². The van der Waals surface area contributed by atoms with Crippen LogP contribution in [0.15, 0.2) is 53.4 Å². The van der Waals surface area contributed by atoms with E-state index < -0.39 is 17.6 Å². The summed E-state index contributed by atoms with van der Waals surface area (Å²) >= 11 is 12.3. The molecule has 1 aliphatic heterocycles. The quantitative estimate of drug-likeness (QED) is 0.472. The van der Waals surface area contributed by atoms with Gasteiger partial charge in [-0.05, 0) is 35.9 Å². The van der Waals surface area contributed by atoms with Crippen molar-refractivity contribution >= 4 is 57.6 Å². The lowest BCUT2D eigenvalue weighted by Crippen LogP contribution is -2.27. The minimum atomic E-state index is -4.50. The number of carbonyl (C=O) groups excluding carboxylic acids is 1. The summed E-state index contributed by atoms with van der Waals surface area (Å²) in [6.45, 7) is 0. The molecule has 0 bridgehead atoms. The number of amides is 1. The van der Waals surface area contributed by atoms with Crippen molar-refractivity contribution in [2.45, 2.75) is 6.18 Å². The van der Waals surface area contributed by atoms with Crippen molar-refractivity contribution in [1.82, 2.24) is 0 Å². The molecule has 1 heterocycles. The minimum Gasteiger partial charge on any atom is -0.268 e. The zero-order chi connectivity index (χ0) is 18.2. The fourth-order valence-electron chi connectivity index (χ4n) is 2.25. The van der Waals surface area contributed by atoms with Crippen LogP contribution >= 0.6 is 35.6 Å². The molecule has 0 radical (unpaired) electrons. The maximum absolute atomic E-state index is 12.9. The highest BCUT2D eigenvalue weighted by Gasteiger charge is 2.36. The molecule has 0 N–H and O–H groups in total. The Labute approximate surface area is 156 Å². The van der Waals surface area contributed by atoms with Gasteiger partial charge in [0.15, 0.2) is 4.32 Å². The van der Waals surface area contributed by atoms with Gasteiger partial charge in [0.2, 0.25) is 0 Å². The topological polar surface area (TPSA) is 20.3 Å². The molecule has 1 saturated heterocycles. The number of carbonyl (C=O) groups is 1. The summed E-state index contributed by atoms with van der Waals surface area (Å²) in [7, 11) is 0. The Balaban J connectivity index is 1.96. The standard InChI is InChI=1S/C17H9ClF3NOS2/c18-13-7-2-1-4-10(13)8-14-15(23)22(16(24)25-14)12-6-3-5-11(9-12)17(19,20)21/h1-9H/b14-8-. The predicted octanol–water partition coefficient (Wildman–Crippen LogP) is 5.76. The highest BCUT2D eigenvalue weighted by Crippen LogP contribution is 2.38. The molecule has 0 aromatic heterocycles. The monoisotopic (exact) mass is 399 g/mol. The van der Waals surface area contributed by atoms with Gasteiger partial charge in [-0.2, -0.15) is 13.2 Å². The number of halogens is 4. The van der Waals surface area contributed by atoms with Gasteiger partial charge in [-0.1, -0.05) is 59.8 Å².